The van der Waals surface area contributed by atoms with Crippen molar-refractivity contribution < 1.29 is 10.0 Å². The Morgan fingerprint density at radius 3 is 2.30 bits per heavy atom. The van der Waals surface area contributed by atoms with Crippen LogP contribution in [0.3, 0.4) is 0 Å². The predicted octanol–water partition coefficient (Wildman–Crippen LogP) is 4.22. The predicted molar refractivity (Wildman–Crippen MR) is 92.0 cm³/mol. The fourth-order valence-corrected chi connectivity index (χ4v) is 2.64. The lowest BCUT2D eigenvalue weighted by Gasteiger charge is -2.06. The van der Waals surface area contributed by atoms with Crippen molar-refractivity contribution in [3.8, 4) is 0 Å². The minimum absolute atomic E-state index is 0.0251. The lowest BCUT2D eigenvalue weighted by molar-refractivity contribution is -0.117. The van der Waals surface area contributed by atoms with Gasteiger partial charge in [-0.25, -0.2) is 0 Å². The van der Waals surface area contributed by atoms with E-state index in [1.54, 1.807) is 0 Å². The van der Waals surface area contributed by atoms with Crippen LogP contribution in [-0.4, -0.2) is 16.7 Å². The molecule has 1 N–H and O–H groups in total. The van der Waals surface area contributed by atoms with Gasteiger partial charge in [-0.1, -0.05) is 71.9 Å². The molecule has 114 valence electrons. The van der Waals surface area contributed by atoms with E-state index in [9.17, 15) is 10.0 Å². The molecule has 0 aromatic heterocycles. The van der Waals surface area contributed by atoms with Gasteiger partial charge >= 0.3 is 0 Å². The molecule has 3 aromatic rings. The molecule has 3 rings (SSSR count). The lowest BCUT2D eigenvalue weighted by atomic mass is 9.98. The average Bonchev–Trinajstić information content (AvgIpc) is 2.60. The van der Waals surface area contributed by atoms with Crippen molar-refractivity contribution in [3.63, 3.8) is 0 Å². The third-order valence-electron chi connectivity index (χ3n) is 3.81. The molecule has 0 unspecified atom stereocenters. The molecule has 0 saturated carbocycles. The summed E-state index contributed by atoms with van der Waals surface area (Å²) in [6, 6.07) is 23.3. The molecular weight excluding hydrogens is 286 g/mol. The number of fused-ring (bicyclic) bond motifs is 1. The Balaban J connectivity index is 1.77. The first-order valence-corrected chi connectivity index (χ1v) is 7.52. The van der Waals surface area contributed by atoms with Crippen LogP contribution < -0.4 is 0 Å². The van der Waals surface area contributed by atoms with Crippen LogP contribution in [0.15, 0.2) is 78.0 Å². The molecule has 3 nitrogen and oxygen atoms in total. The monoisotopic (exact) mass is 303 g/mol. The summed E-state index contributed by atoms with van der Waals surface area (Å²) in [4.78, 5) is 12.2. The van der Waals surface area contributed by atoms with Gasteiger partial charge in [-0.3, -0.25) is 4.79 Å². The number of carbonyl (C=O) groups is 1. The van der Waals surface area contributed by atoms with Gasteiger partial charge < -0.3 is 5.21 Å². The highest BCUT2D eigenvalue weighted by Crippen LogP contribution is 2.17. The van der Waals surface area contributed by atoms with Gasteiger partial charge in [0.2, 0.25) is 0 Å². The summed E-state index contributed by atoms with van der Waals surface area (Å²) in [5, 5.41) is 14.8. The maximum Gasteiger partial charge on any atom is 0.143 e. The quantitative estimate of drug-likeness (QED) is 0.436. The van der Waals surface area contributed by atoms with Crippen molar-refractivity contribution in [2.75, 3.05) is 0 Å². The smallest absolute Gasteiger partial charge is 0.143 e. The van der Waals surface area contributed by atoms with Crippen LogP contribution in [0.5, 0.6) is 0 Å². The van der Waals surface area contributed by atoms with E-state index in [-0.39, 0.29) is 12.2 Å². The largest absolute Gasteiger partial charge is 0.411 e. The van der Waals surface area contributed by atoms with Gasteiger partial charge in [-0.15, -0.1) is 0 Å². The minimum atomic E-state index is 0.0251. The number of benzene rings is 3. The summed E-state index contributed by atoms with van der Waals surface area (Å²) < 4.78 is 0. The molecule has 23 heavy (non-hydrogen) atoms. The third-order valence-corrected chi connectivity index (χ3v) is 3.81. The van der Waals surface area contributed by atoms with Crippen molar-refractivity contribution in [2.24, 2.45) is 5.16 Å². The number of oxime groups is 1. The normalized spacial score (nSPS) is 11.6. The van der Waals surface area contributed by atoms with E-state index < -0.39 is 0 Å². The Morgan fingerprint density at radius 2 is 1.57 bits per heavy atom. The van der Waals surface area contributed by atoms with Gasteiger partial charge in [0, 0.05) is 12.0 Å². The standard InChI is InChI=1S/C20H17NO2/c22-19(12-15-6-2-1-3-7-15)14-20(21-23)18-11-10-16-8-4-5-9-17(16)13-18/h1-11,13,23H,12,14H2. The summed E-state index contributed by atoms with van der Waals surface area (Å²) in [7, 11) is 0. The van der Waals surface area contributed by atoms with Gasteiger partial charge in [-0.05, 0) is 22.4 Å². The second kappa shape index (κ2) is 6.88. The van der Waals surface area contributed by atoms with Crippen molar-refractivity contribution in [3.05, 3.63) is 83.9 Å². The molecule has 0 bridgehead atoms. The highest BCUT2D eigenvalue weighted by molar-refractivity contribution is 6.12. The molecule has 0 aliphatic heterocycles. The topological polar surface area (TPSA) is 49.7 Å². The summed E-state index contributed by atoms with van der Waals surface area (Å²) in [5.74, 6) is 0.0251. The summed E-state index contributed by atoms with van der Waals surface area (Å²) in [6.07, 6.45) is 0.456. The molecule has 0 atom stereocenters. The molecule has 0 aliphatic carbocycles. The molecule has 0 saturated heterocycles. The van der Waals surface area contributed by atoms with Gasteiger partial charge in [0.15, 0.2) is 0 Å². The molecule has 0 fully saturated rings. The van der Waals surface area contributed by atoms with E-state index in [0.717, 1.165) is 21.9 Å². The van der Waals surface area contributed by atoms with Gasteiger partial charge in [0.25, 0.3) is 0 Å². The zero-order chi connectivity index (χ0) is 16.1. The van der Waals surface area contributed by atoms with Gasteiger partial charge in [-0.2, -0.15) is 0 Å². The van der Waals surface area contributed by atoms with Crippen LogP contribution in [0.2, 0.25) is 0 Å². The number of rotatable bonds is 5. The molecular formula is C20H17NO2. The zero-order valence-corrected chi connectivity index (χ0v) is 12.6. The van der Waals surface area contributed by atoms with Crippen LogP contribution in [-0.2, 0) is 11.2 Å². The molecule has 0 amide bonds. The van der Waals surface area contributed by atoms with Crippen molar-refractivity contribution in [2.45, 2.75) is 12.8 Å². The maximum absolute atomic E-state index is 12.2. The highest BCUT2D eigenvalue weighted by atomic mass is 16.4. The second-order valence-electron chi connectivity index (χ2n) is 5.49. The van der Waals surface area contributed by atoms with Crippen LogP contribution in [0, 0.1) is 0 Å². The number of Topliss-reactive ketones (excluding diaryl/α,β-unsaturated/α-hetero) is 1. The number of nitrogens with zero attached hydrogens (tertiary/aromatic N) is 1. The Bertz CT molecular complexity index is 854. The molecule has 0 spiro atoms. The fraction of sp³-hybridized carbons (Fsp3) is 0.100. The van der Waals surface area contributed by atoms with E-state index in [2.05, 4.69) is 5.16 Å². The highest BCUT2D eigenvalue weighted by Gasteiger charge is 2.12. The maximum atomic E-state index is 12.2. The molecule has 0 aliphatic rings. The molecule has 0 heterocycles. The Kier molecular flexibility index (Phi) is 4.48. The number of ketones is 1. The van der Waals surface area contributed by atoms with Crippen molar-refractivity contribution in [1.29, 1.82) is 0 Å². The van der Waals surface area contributed by atoms with Crippen LogP contribution >= 0.6 is 0 Å². The van der Waals surface area contributed by atoms with Gasteiger partial charge in [0.05, 0.1) is 12.1 Å². The zero-order valence-electron chi connectivity index (χ0n) is 12.6. The molecule has 0 radical (unpaired) electrons. The van der Waals surface area contributed by atoms with E-state index in [0.29, 0.717) is 12.1 Å². The average molecular weight is 303 g/mol. The number of hydrogen-bond donors (Lipinski definition) is 1. The summed E-state index contributed by atoms with van der Waals surface area (Å²) in [5.41, 5.74) is 2.14. The van der Waals surface area contributed by atoms with E-state index in [4.69, 9.17) is 0 Å². The summed E-state index contributed by atoms with van der Waals surface area (Å²) >= 11 is 0. The molecule has 3 aromatic carbocycles. The second-order valence-corrected chi connectivity index (χ2v) is 5.49. The number of carbonyl (C=O) groups excluding carboxylic acids is 1. The van der Waals surface area contributed by atoms with Crippen molar-refractivity contribution >= 4 is 22.3 Å². The van der Waals surface area contributed by atoms with Crippen LogP contribution in [0.4, 0.5) is 0 Å². The lowest BCUT2D eigenvalue weighted by Crippen LogP contribution is -2.11. The van der Waals surface area contributed by atoms with E-state index in [1.165, 1.54) is 0 Å². The first kappa shape index (κ1) is 15.0. The number of hydrogen-bond acceptors (Lipinski definition) is 3. The van der Waals surface area contributed by atoms with Gasteiger partial charge in [0.1, 0.15) is 5.78 Å². The van der Waals surface area contributed by atoms with Crippen LogP contribution in [0.25, 0.3) is 10.8 Å². The first-order chi connectivity index (χ1) is 11.3. The SMILES string of the molecule is O=C(CC(=NO)c1ccc2ccccc2c1)Cc1ccccc1. The fourth-order valence-electron chi connectivity index (χ4n) is 2.64. The van der Waals surface area contributed by atoms with E-state index in [1.807, 2.05) is 72.8 Å². The van der Waals surface area contributed by atoms with E-state index >= 15 is 0 Å². The molecule has 3 heteroatoms. The first-order valence-electron chi connectivity index (χ1n) is 7.52. The minimum Gasteiger partial charge on any atom is -0.411 e. The third kappa shape index (κ3) is 3.64. The Hall–Kier alpha value is -2.94. The summed E-state index contributed by atoms with van der Waals surface area (Å²) in [6.45, 7) is 0. The van der Waals surface area contributed by atoms with Crippen LogP contribution in [0.1, 0.15) is 17.5 Å². The Labute approximate surface area is 134 Å². The van der Waals surface area contributed by atoms with Crippen molar-refractivity contribution in [1.82, 2.24) is 0 Å². The Morgan fingerprint density at radius 1 is 0.870 bits per heavy atom.